The van der Waals surface area contributed by atoms with Crippen molar-refractivity contribution in [3.05, 3.63) is 41.0 Å². The van der Waals surface area contributed by atoms with Gasteiger partial charge in [-0.1, -0.05) is 30.7 Å². The number of hydrogen-bond acceptors (Lipinski definition) is 4. The van der Waals surface area contributed by atoms with Crippen LogP contribution in [0.1, 0.15) is 49.8 Å². The van der Waals surface area contributed by atoms with Gasteiger partial charge in [0.15, 0.2) is 0 Å². The van der Waals surface area contributed by atoms with Crippen LogP contribution in [0.5, 0.6) is 0 Å². The first-order valence-corrected chi connectivity index (χ1v) is 11.1. The summed E-state index contributed by atoms with van der Waals surface area (Å²) in [5.74, 6) is 0.672. The first-order valence-electron chi connectivity index (χ1n) is 10.2. The van der Waals surface area contributed by atoms with E-state index in [1.807, 2.05) is 29.5 Å². The van der Waals surface area contributed by atoms with Crippen LogP contribution in [0.3, 0.4) is 0 Å². The summed E-state index contributed by atoms with van der Waals surface area (Å²) < 4.78 is 0. The number of rotatable bonds is 6. The predicted molar refractivity (Wildman–Crippen MR) is 111 cm³/mol. The van der Waals surface area contributed by atoms with E-state index in [1.165, 1.54) is 11.3 Å². The van der Waals surface area contributed by atoms with E-state index in [9.17, 15) is 9.59 Å². The topological polar surface area (TPSA) is 62.3 Å². The molecular formula is C22H27N3O2S. The number of thiazole rings is 1. The Balaban J connectivity index is 1.32. The second-order valence-electron chi connectivity index (χ2n) is 7.93. The highest BCUT2D eigenvalue weighted by molar-refractivity contribution is 7.13. The molecule has 1 aliphatic carbocycles. The highest BCUT2D eigenvalue weighted by Gasteiger charge is 2.35. The lowest BCUT2D eigenvalue weighted by atomic mass is 9.82. The van der Waals surface area contributed by atoms with Crippen molar-refractivity contribution in [1.82, 2.24) is 15.2 Å². The summed E-state index contributed by atoms with van der Waals surface area (Å²) in [7, 11) is 0. The number of amides is 2. The Morgan fingerprint density at radius 2 is 1.96 bits per heavy atom. The summed E-state index contributed by atoms with van der Waals surface area (Å²) in [4.78, 5) is 32.5. The van der Waals surface area contributed by atoms with Crippen molar-refractivity contribution in [2.24, 2.45) is 5.92 Å². The molecule has 1 unspecified atom stereocenters. The van der Waals surface area contributed by atoms with Crippen molar-refractivity contribution >= 4 is 23.2 Å². The quantitative estimate of drug-likeness (QED) is 0.804. The smallest absolute Gasteiger partial charge is 0.243 e. The fourth-order valence-corrected chi connectivity index (χ4v) is 4.87. The minimum Gasteiger partial charge on any atom is -0.350 e. The van der Waals surface area contributed by atoms with Crippen LogP contribution >= 0.6 is 11.3 Å². The molecule has 0 radical (unpaired) electrons. The van der Waals surface area contributed by atoms with Gasteiger partial charge in [-0.2, -0.15) is 0 Å². The molecule has 2 aliphatic rings. The fraction of sp³-hybridized carbons (Fsp3) is 0.500. The molecule has 2 fully saturated rings. The number of likely N-dealkylation sites (tertiary alicyclic amines) is 1. The standard InChI is InChI=1S/C22H27N3O2S/c1-15-21(28-14-24-15)18-9-7-17(8-10-18)13-23-22(27)19-6-3-11-25(19)20(26)12-16-4-2-5-16/h7-10,14,16,19H,2-6,11-13H2,1H3,(H,23,27). The maximum Gasteiger partial charge on any atom is 0.243 e. The van der Waals surface area contributed by atoms with E-state index in [1.54, 1.807) is 11.3 Å². The van der Waals surface area contributed by atoms with Crippen LogP contribution in [0.4, 0.5) is 0 Å². The van der Waals surface area contributed by atoms with Crippen LogP contribution in [0, 0.1) is 12.8 Å². The molecule has 148 valence electrons. The molecule has 4 rings (SSSR count). The Bertz CT molecular complexity index is 842. The summed E-state index contributed by atoms with van der Waals surface area (Å²) in [5, 5.41) is 3.03. The molecule has 1 N–H and O–H groups in total. The normalized spacial score (nSPS) is 19.5. The van der Waals surface area contributed by atoms with Crippen molar-refractivity contribution in [2.75, 3.05) is 6.54 Å². The zero-order valence-corrected chi connectivity index (χ0v) is 17.1. The number of benzene rings is 1. The van der Waals surface area contributed by atoms with Gasteiger partial charge in [0.1, 0.15) is 6.04 Å². The first-order chi connectivity index (χ1) is 13.6. The molecule has 1 aliphatic heterocycles. The minimum atomic E-state index is -0.299. The second kappa shape index (κ2) is 8.43. The molecule has 1 saturated carbocycles. The molecule has 6 heteroatoms. The summed E-state index contributed by atoms with van der Waals surface area (Å²) in [5.41, 5.74) is 5.11. The molecular weight excluding hydrogens is 370 g/mol. The minimum absolute atomic E-state index is 0.0261. The summed E-state index contributed by atoms with van der Waals surface area (Å²) in [6.45, 7) is 3.22. The molecule has 5 nitrogen and oxygen atoms in total. The van der Waals surface area contributed by atoms with Crippen LogP contribution in [-0.2, 0) is 16.1 Å². The van der Waals surface area contributed by atoms with Crippen LogP contribution in [0.2, 0.25) is 0 Å². The molecule has 2 aromatic rings. The Morgan fingerprint density at radius 1 is 1.18 bits per heavy atom. The average molecular weight is 398 g/mol. The maximum absolute atomic E-state index is 12.7. The molecule has 0 bridgehead atoms. The van der Waals surface area contributed by atoms with Gasteiger partial charge in [-0.05, 0) is 49.7 Å². The highest BCUT2D eigenvalue weighted by Crippen LogP contribution is 2.31. The van der Waals surface area contributed by atoms with Crippen LogP contribution in [0.15, 0.2) is 29.8 Å². The predicted octanol–water partition coefficient (Wildman–Crippen LogP) is 3.92. The number of carbonyl (C=O) groups is 2. The number of aromatic nitrogens is 1. The molecule has 2 heterocycles. The van der Waals surface area contributed by atoms with Crippen molar-refractivity contribution in [2.45, 2.75) is 58.0 Å². The molecule has 1 aromatic heterocycles. The summed E-state index contributed by atoms with van der Waals surface area (Å²) >= 11 is 1.64. The van der Waals surface area contributed by atoms with Gasteiger partial charge in [0.2, 0.25) is 11.8 Å². The van der Waals surface area contributed by atoms with Crippen LogP contribution < -0.4 is 5.32 Å². The van der Waals surface area contributed by atoms with E-state index in [4.69, 9.17) is 0 Å². The number of carbonyl (C=O) groups excluding carboxylic acids is 2. The lowest BCUT2D eigenvalue weighted by Gasteiger charge is -2.29. The average Bonchev–Trinajstić information content (AvgIpc) is 3.32. The highest BCUT2D eigenvalue weighted by atomic mass is 32.1. The molecule has 0 spiro atoms. The van der Waals surface area contributed by atoms with E-state index in [0.29, 0.717) is 25.4 Å². The first kappa shape index (κ1) is 19.1. The third-order valence-corrected chi connectivity index (χ3v) is 6.97. The number of hydrogen-bond donors (Lipinski definition) is 1. The molecule has 1 aromatic carbocycles. The summed E-state index contributed by atoms with van der Waals surface area (Å²) in [6.07, 6.45) is 5.86. The van der Waals surface area contributed by atoms with Crippen molar-refractivity contribution in [3.63, 3.8) is 0 Å². The van der Waals surface area contributed by atoms with E-state index in [2.05, 4.69) is 22.4 Å². The van der Waals surface area contributed by atoms with E-state index >= 15 is 0 Å². The third kappa shape index (κ3) is 4.12. The van der Waals surface area contributed by atoms with E-state index in [-0.39, 0.29) is 17.9 Å². The van der Waals surface area contributed by atoms with E-state index < -0.39 is 0 Å². The van der Waals surface area contributed by atoms with Crippen LogP contribution in [-0.4, -0.2) is 34.3 Å². The molecule has 2 amide bonds. The van der Waals surface area contributed by atoms with Gasteiger partial charge in [0.05, 0.1) is 16.1 Å². The zero-order valence-electron chi connectivity index (χ0n) is 16.3. The number of nitrogens with zero attached hydrogens (tertiary/aromatic N) is 2. The molecule has 1 atom stereocenters. The molecule has 1 saturated heterocycles. The number of aryl methyl sites for hydroxylation is 1. The van der Waals surface area contributed by atoms with Crippen molar-refractivity contribution in [3.8, 4) is 10.4 Å². The van der Waals surface area contributed by atoms with Gasteiger partial charge < -0.3 is 10.2 Å². The molecule has 28 heavy (non-hydrogen) atoms. The van der Waals surface area contributed by atoms with Gasteiger partial charge in [-0.15, -0.1) is 11.3 Å². The Hall–Kier alpha value is -2.21. The van der Waals surface area contributed by atoms with Gasteiger partial charge in [-0.25, -0.2) is 4.98 Å². The maximum atomic E-state index is 12.7. The zero-order chi connectivity index (χ0) is 19.5. The second-order valence-corrected chi connectivity index (χ2v) is 8.78. The van der Waals surface area contributed by atoms with Gasteiger partial charge >= 0.3 is 0 Å². The Morgan fingerprint density at radius 3 is 2.61 bits per heavy atom. The fourth-order valence-electron chi connectivity index (χ4n) is 4.06. The van der Waals surface area contributed by atoms with E-state index in [0.717, 1.165) is 42.5 Å². The summed E-state index contributed by atoms with van der Waals surface area (Å²) in [6, 6.07) is 7.94. The largest absolute Gasteiger partial charge is 0.350 e. The number of nitrogens with one attached hydrogen (secondary N) is 1. The Kier molecular flexibility index (Phi) is 5.76. The van der Waals surface area contributed by atoms with Gasteiger partial charge in [0, 0.05) is 19.5 Å². The van der Waals surface area contributed by atoms with Crippen molar-refractivity contribution < 1.29 is 9.59 Å². The van der Waals surface area contributed by atoms with Crippen molar-refractivity contribution in [1.29, 1.82) is 0 Å². The van der Waals surface area contributed by atoms with Gasteiger partial charge in [0.25, 0.3) is 0 Å². The Labute approximate surface area is 170 Å². The van der Waals surface area contributed by atoms with Crippen LogP contribution in [0.25, 0.3) is 10.4 Å². The lowest BCUT2D eigenvalue weighted by molar-refractivity contribution is -0.139. The third-order valence-electron chi connectivity index (χ3n) is 5.99. The lowest BCUT2D eigenvalue weighted by Crippen LogP contribution is -2.46. The van der Waals surface area contributed by atoms with Gasteiger partial charge in [-0.3, -0.25) is 9.59 Å². The monoisotopic (exact) mass is 397 g/mol. The SMILES string of the molecule is Cc1ncsc1-c1ccc(CNC(=O)C2CCCN2C(=O)CC2CCC2)cc1.